The van der Waals surface area contributed by atoms with Gasteiger partial charge in [-0.05, 0) is 73.3 Å². The molecule has 3 fully saturated rings. The van der Waals surface area contributed by atoms with Gasteiger partial charge < -0.3 is 88.7 Å². The Balaban J connectivity index is 1.91. The fraction of sp³-hybridized carbons (Fsp3) is 0.688. The minimum absolute atomic E-state index is 0.0430. The molecular formula is C48H66N10O21S6. The Hall–Kier alpha value is -6.46. The molecule has 3 aliphatic heterocycles. The Morgan fingerprint density at radius 3 is 0.765 bits per heavy atom. The van der Waals surface area contributed by atoms with Crippen molar-refractivity contribution in [2.75, 3.05) is 58.9 Å². The molecule has 37 heteroatoms. The molecule has 85 heavy (non-hydrogen) atoms. The first-order valence-corrected chi connectivity index (χ1v) is 28.1. The second-order valence-electron chi connectivity index (χ2n) is 18.3. The van der Waals surface area contributed by atoms with Crippen LogP contribution in [0.4, 0.5) is 0 Å². The molecule has 0 aromatic heterocycles. The maximum atomic E-state index is 12.4. The van der Waals surface area contributed by atoms with E-state index < -0.39 is 146 Å². The zero-order chi connectivity index (χ0) is 63.5. The fourth-order valence-electron chi connectivity index (χ4n) is 8.71. The molecule has 3 aliphatic rings. The minimum Gasteiger partial charge on any atom is -0.456 e. The molecule has 0 unspecified atom stereocenters. The first-order valence-electron chi connectivity index (χ1n) is 25.7. The van der Waals surface area contributed by atoms with Crippen molar-refractivity contribution in [1.82, 2.24) is 36.8 Å². The van der Waals surface area contributed by atoms with Gasteiger partial charge in [0.2, 0.25) is 0 Å². The summed E-state index contributed by atoms with van der Waals surface area (Å²) in [4.78, 5) is 125. The number of aliphatic imine (C=N–C) groups is 3. The van der Waals surface area contributed by atoms with Gasteiger partial charge in [-0.3, -0.25) is 48.1 Å². The van der Waals surface area contributed by atoms with Crippen LogP contribution in [0.15, 0.2) is 15.0 Å². The van der Waals surface area contributed by atoms with Crippen LogP contribution in [0, 0.1) is 0 Å². The number of nitrogens with zero attached hydrogens (tertiary/aromatic N) is 4. The Kier molecular flexibility index (Phi) is 31.8. The molecule has 3 rings (SSSR count). The van der Waals surface area contributed by atoms with Crippen LogP contribution in [0.5, 0.6) is 0 Å². The van der Waals surface area contributed by atoms with Gasteiger partial charge in [-0.1, -0.05) is 0 Å². The summed E-state index contributed by atoms with van der Waals surface area (Å²) >= 11 is 31.2. The molecule has 0 aromatic carbocycles. The van der Waals surface area contributed by atoms with E-state index in [1.54, 1.807) is 0 Å². The average Bonchev–Trinajstić information content (AvgIpc) is 1.73. The molecule has 0 bridgehead atoms. The van der Waals surface area contributed by atoms with Gasteiger partial charge >= 0.3 is 53.7 Å². The van der Waals surface area contributed by atoms with E-state index >= 15 is 0 Å². The molecule has 15 atom stereocenters. The number of thiocarbonyl (C=S) groups is 6. The summed E-state index contributed by atoms with van der Waals surface area (Å²) in [5, 5.41) is 24.4. The lowest BCUT2D eigenvalue weighted by molar-refractivity contribution is -0.247. The summed E-state index contributed by atoms with van der Waals surface area (Å²) < 4.78 is 68.2. The molecule has 0 aromatic rings. The number of esters is 9. The summed E-state index contributed by atoms with van der Waals surface area (Å²) in [6.45, 7) is 10.3. The lowest BCUT2D eigenvalue weighted by Crippen LogP contribution is -2.66. The molecule has 3 heterocycles. The molecular weight excluding hydrogens is 1240 g/mol. The average molecular weight is 1310 g/mol. The Morgan fingerprint density at radius 2 is 0.565 bits per heavy atom. The summed E-state index contributed by atoms with van der Waals surface area (Å²) in [5.41, 5.74) is 0. The third-order valence-electron chi connectivity index (χ3n) is 11.6. The lowest BCUT2D eigenvalue weighted by Gasteiger charge is -2.44. The number of ether oxygens (including phenoxy) is 12. The predicted octanol–water partition coefficient (Wildman–Crippen LogP) is -1.45. The van der Waals surface area contributed by atoms with E-state index in [0.717, 1.165) is 62.3 Å². The first-order chi connectivity index (χ1) is 40.2. The molecule has 0 radical (unpaired) electrons. The van der Waals surface area contributed by atoms with Crippen LogP contribution >= 0.6 is 73.3 Å². The minimum atomic E-state index is -1.42. The quantitative estimate of drug-likeness (QED) is 0.0237. The van der Waals surface area contributed by atoms with E-state index in [2.05, 4.69) is 62.4 Å². The number of carbonyl (C=O) groups excluding carboxylic acids is 9. The highest BCUT2D eigenvalue weighted by Gasteiger charge is 2.55. The standard InChI is InChI=1S/C48H66N10O21S6/c1-22(59)68-34-31(16-49-19-80)77-43(40(74-28(7)65)37(34)71-25(4)62)55-46(83)52-10-13-58(14-11-53-47(84)56-44-41(75-29(8)66)38(72-26(5)63)35(69-23(2)60)32(78-44)17-50-20-81)15-12-54-48(85)57-45-42(76-30(9)67)39(73-27(6)64)36(70-24(3)61)33(79-45)18-51-21-82/h31-45H,10-18H2,1-9H3,(H2,52,55,83)(H2,53,56,84)(H2,54,57,85)/t31-,32-,33-,34-,35-,36-,37+,38+,39+,40+,41+,42+,43+,44+,45+/m1/s1. The molecule has 6 N–H and O–H groups in total. The van der Waals surface area contributed by atoms with Gasteiger partial charge in [-0.2, -0.15) is 0 Å². The third-order valence-corrected chi connectivity index (χ3v) is 12.8. The summed E-state index contributed by atoms with van der Waals surface area (Å²) in [6, 6.07) is 0. The van der Waals surface area contributed by atoms with Gasteiger partial charge in [-0.15, -0.1) is 0 Å². The normalized spacial score (nSPS) is 26.5. The number of hydrogen-bond acceptors (Lipinski definition) is 31. The van der Waals surface area contributed by atoms with Crippen molar-refractivity contribution < 1.29 is 100.0 Å². The van der Waals surface area contributed by atoms with Crippen molar-refractivity contribution in [1.29, 1.82) is 0 Å². The van der Waals surface area contributed by atoms with E-state index in [1.807, 2.05) is 4.90 Å². The van der Waals surface area contributed by atoms with Gasteiger partial charge in [0.15, 0.2) is 89.0 Å². The third kappa shape index (κ3) is 25.6. The number of nitrogens with one attached hydrogen (secondary N) is 6. The zero-order valence-corrected chi connectivity index (χ0v) is 52.2. The van der Waals surface area contributed by atoms with Crippen molar-refractivity contribution in [2.45, 2.75) is 154 Å². The number of hydrogen-bond donors (Lipinski definition) is 6. The van der Waals surface area contributed by atoms with E-state index in [-0.39, 0.29) is 74.2 Å². The molecule has 470 valence electrons. The highest BCUT2D eigenvalue weighted by Crippen LogP contribution is 2.31. The SMILES string of the molecule is CC(=O)O[C@H]1[C@H](OC(C)=O)[C@@H](CN=C=S)O[C@H](NC(=S)NCCN(CCNC(=S)N[C@H]2O[C@H](CN=C=S)[C@@H](OC(C)=O)[C@H](OC(C)=O)[C@@H]2OC(C)=O)CCNC(=S)N[C@H]2O[C@H](CN=C=S)[C@@H](OC(C)=O)[C@H](OC(C)=O)[C@@H]2OC(C)=O)[C@H]1OC(C)=O. The van der Waals surface area contributed by atoms with Crippen LogP contribution < -0.4 is 31.9 Å². The smallest absolute Gasteiger partial charge is 0.303 e. The van der Waals surface area contributed by atoms with Crippen LogP contribution in [-0.4, -0.2) is 240 Å². The van der Waals surface area contributed by atoms with E-state index in [0.29, 0.717) is 0 Å². The Bertz CT molecular complexity index is 2320. The molecule has 0 amide bonds. The van der Waals surface area contributed by atoms with Crippen molar-refractivity contribution in [3.8, 4) is 0 Å². The van der Waals surface area contributed by atoms with Gasteiger partial charge in [0.25, 0.3) is 0 Å². The van der Waals surface area contributed by atoms with Gasteiger partial charge in [-0.25, -0.2) is 15.0 Å². The van der Waals surface area contributed by atoms with Crippen LogP contribution in [0.1, 0.15) is 62.3 Å². The second-order valence-corrected chi connectivity index (χ2v) is 20.1. The molecule has 0 saturated carbocycles. The highest BCUT2D eigenvalue weighted by atomic mass is 32.1. The summed E-state index contributed by atoms with van der Waals surface area (Å²) in [6.07, 6.45) is -19.7. The highest BCUT2D eigenvalue weighted by molar-refractivity contribution is 7.80. The van der Waals surface area contributed by atoms with Crippen LogP contribution in [0.25, 0.3) is 0 Å². The van der Waals surface area contributed by atoms with E-state index in [9.17, 15) is 43.2 Å². The first kappa shape index (κ1) is 72.8. The van der Waals surface area contributed by atoms with Gasteiger partial charge in [0, 0.05) is 102 Å². The molecule has 31 nitrogen and oxygen atoms in total. The Labute approximate surface area is 520 Å². The lowest BCUT2D eigenvalue weighted by atomic mass is 9.97. The molecule has 0 aliphatic carbocycles. The maximum absolute atomic E-state index is 12.4. The number of carbonyl (C=O) groups is 9. The van der Waals surface area contributed by atoms with Crippen LogP contribution in [-0.2, 0) is 100.0 Å². The van der Waals surface area contributed by atoms with Gasteiger partial charge in [0.05, 0.1) is 35.1 Å². The topological polar surface area (TPSA) is 377 Å². The summed E-state index contributed by atoms with van der Waals surface area (Å²) in [5.74, 6) is -7.12. The van der Waals surface area contributed by atoms with Crippen molar-refractivity contribution >= 4 is 158 Å². The number of rotatable bonds is 27. The second kappa shape index (κ2) is 37.2. The fourth-order valence-corrected chi connectivity index (χ4v) is 9.59. The van der Waals surface area contributed by atoms with E-state index in [4.69, 9.17) is 130 Å². The monoisotopic (exact) mass is 1310 g/mol. The maximum Gasteiger partial charge on any atom is 0.303 e. The molecule has 0 spiro atoms. The molecule has 3 saturated heterocycles. The number of isothiocyanates is 3. The van der Waals surface area contributed by atoms with Crippen molar-refractivity contribution in [3.63, 3.8) is 0 Å². The summed E-state index contributed by atoms with van der Waals surface area (Å²) in [7, 11) is 0. The van der Waals surface area contributed by atoms with Crippen molar-refractivity contribution in [3.05, 3.63) is 0 Å². The van der Waals surface area contributed by atoms with Crippen molar-refractivity contribution in [2.24, 2.45) is 15.0 Å². The Morgan fingerprint density at radius 1 is 0.365 bits per heavy atom. The van der Waals surface area contributed by atoms with Crippen LogP contribution in [0.2, 0.25) is 0 Å². The van der Waals surface area contributed by atoms with E-state index in [1.165, 1.54) is 0 Å². The van der Waals surface area contributed by atoms with Crippen LogP contribution in [0.3, 0.4) is 0 Å². The largest absolute Gasteiger partial charge is 0.456 e. The predicted molar refractivity (Wildman–Crippen MR) is 313 cm³/mol. The zero-order valence-electron chi connectivity index (χ0n) is 47.3. The van der Waals surface area contributed by atoms with Gasteiger partial charge in [0.1, 0.15) is 18.3 Å².